The molecule has 0 bridgehead atoms. The Hall–Kier alpha value is -8.71. The number of fused-ring (bicyclic) bond motifs is 8. The van der Waals surface area contributed by atoms with Gasteiger partial charge < -0.3 is 4.57 Å². The lowest BCUT2D eigenvalue weighted by molar-refractivity contribution is 0.954. The second-order valence-corrected chi connectivity index (χ2v) is 18.6. The molecule has 15 rings (SSSR count). The molecule has 4 aromatic heterocycles. The van der Waals surface area contributed by atoms with E-state index in [1.165, 1.54) is 74.8 Å². The predicted octanol–water partition coefficient (Wildman–Crippen LogP) is 16.3. The zero-order chi connectivity index (χ0) is 43.7. The highest BCUT2D eigenvalue weighted by Gasteiger charge is 2.23. The summed E-state index contributed by atoms with van der Waals surface area (Å²) >= 11 is 1.88. The van der Waals surface area contributed by atoms with Gasteiger partial charge in [0.15, 0.2) is 11.6 Å². The molecule has 11 aromatic carbocycles. The van der Waals surface area contributed by atoms with Gasteiger partial charge in [-0.1, -0.05) is 158 Å². The van der Waals surface area contributed by atoms with E-state index in [9.17, 15) is 0 Å². The van der Waals surface area contributed by atoms with Gasteiger partial charge in [0.2, 0.25) is 5.95 Å². The third-order valence-corrected chi connectivity index (χ3v) is 15.1. The number of para-hydroxylation sites is 1. The van der Waals surface area contributed by atoms with Crippen LogP contribution in [0.4, 0.5) is 0 Å². The average Bonchev–Trinajstić information content (AvgIpc) is 4.06. The summed E-state index contributed by atoms with van der Waals surface area (Å²) in [5, 5.41) is 14.6. The minimum absolute atomic E-state index is 0.578. The van der Waals surface area contributed by atoms with Gasteiger partial charge in [0.25, 0.3) is 0 Å². The van der Waals surface area contributed by atoms with Crippen LogP contribution in [0.25, 0.3) is 142 Å². The molecule has 0 aliphatic rings. The summed E-state index contributed by atoms with van der Waals surface area (Å²) in [5.41, 5.74) is 9.97. The summed E-state index contributed by atoms with van der Waals surface area (Å²) < 4.78 is 7.32. The number of nitrogens with zero attached hydrogens (tertiary/aromatic N) is 5. The molecule has 0 N–H and O–H groups in total. The molecule has 0 atom stereocenters. The van der Waals surface area contributed by atoms with Crippen LogP contribution in [0.2, 0.25) is 0 Å². The van der Waals surface area contributed by atoms with Crippen molar-refractivity contribution in [1.29, 1.82) is 0 Å². The van der Waals surface area contributed by atoms with Crippen LogP contribution < -0.4 is 0 Å². The first-order chi connectivity index (χ1) is 33.2. The smallest absolute Gasteiger partial charge is 0.238 e. The Kier molecular flexibility index (Phi) is 7.59. The lowest BCUT2D eigenvalue weighted by Gasteiger charge is -2.12. The van der Waals surface area contributed by atoms with E-state index < -0.39 is 0 Å². The Bertz CT molecular complexity index is 4440. The van der Waals surface area contributed by atoms with Crippen molar-refractivity contribution in [1.82, 2.24) is 24.1 Å². The number of thiophene rings is 1. The van der Waals surface area contributed by atoms with Crippen LogP contribution in [0.5, 0.6) is 0 Å². The Morgan fingerprint density at radius 3 is 1.70 bits per heavy atom. The molecule has 0 amide bonds. The monoisotopic (exact) mass is 869 g/mol. The summed E-state index contributed by atoms with van der Waals surface area (Å²) in [5.74, 6) is 1.83. The number of benzene rings is 11. The maximum atomic E-state index is 5.31. The van der Waals surface area contributed by atoms with Crippen LogP contribution >= 0.6 is 11.3 Å². The highest BCUT2D eigenvalue weighted by Crippen LogP contribution is 2.46. The zero-order valence-electron chi connectivity index (χ0n) is 35.9. The fourth-order valence-electron chi connectivity index (χ4n) is 10.8. The fourth-order valence-corrected chi connectivity index (χ4v) is 12.0. The minimum Gasteiger partial charge on any atom is -0.308 e. The molecule has 0 saturated heterocycles. The van der Waals surface area contributed by atoms with E-state index in [0.29, 0.717) is 17.6 Å². The van der Waals surface area contributed by atoms with E-state index in [-0.39, 0.29) is 0 Å². The summed E-state index contributed by atoms with van der Waals surface area (Å²) in [6.07, 6.45) is 0. The molecular weight excluding hydrogens is 835 g/mol. The van der Waals surface area contributed by atoms with E-state index in [2.05, 4.69) is 221 Å². The van der Waals surface area contributed by atoms with Crippen molar-refractivity contribution in [3.05, 3.63) is 212 Å². The van der Waals surface area contributed by atoms with E-state index in [1.807, 2.05) is 11.3 Å². The van der Waals surface area contributed by atoms with Gasteiger partial charge in [-0.05, 0) is 98.0 Å². The second kappa shape index (κ2) is 13.9. The first-order valence-electron chi connectivity index (χ1n) is 22.7. The Balaban J connectivity index is 0.935. The lowest BCUT2D eigenvalue weighted by Crippen LogP contribution is -2.06. The maximum Gasteiger partial charge on any atom is 0.238 e. The highest BCUT2D eigenvalue weighted by atomic mass is 32.1. The first kappa shape index (κ1) is 36.6. The van der Waals surface area contributed by atoms with Gasteiger partial charge in [-0.15, -0.1) is 11.3 Å². The summed E-state index contributed by atoms with van der Waals surface area (Å²) in [7, 11) is 0. The molecule has 6 heteroatoms. The maximum absolute atomic E-state index is 5.31. The summed E-state index contributed by atoms with van der Waals surface area (Å²) in [6, 6.07) is 76.8. The predicted molar refractivity (Wildman–Crippen MR) is 281 cm³/mol. The van der Waals surface area contributed by atoms with Gasteiger partial charge in [-0.2, -0.15) is 9.97 Å². The zero-order valence-corrected chi connectivity index (χ0v) is 36.7. The van der Waals surface area contributed by atoms with Gasteiger partial charge in [0, 0.05) is 48.1 Å². The number of aromatic nitrogens is 5. The third kappa shape index (κ3) is 5.39. The quantitative estimate of drug-likeness (QED) is 0.162. The van der Waals surface area contributed by atoms with Crippen molar-refractivity contribution in [2.75, 3.05) is 0 Å². The molecule has 0 spiro atoms. The number of rotatable bonds is 5. The van der Waals surface area contributed by atoms with E-state index in [1.54, 1.807) is 0 Å². The van der Waals surface area contributed by atoms with Crippen LogP contribution in [0, 0.1) is 0 Å². The van der Waals surface area contributed by atoms with Gasteiger partial charge >= 0.3 is 0 Å². The summed E-state index contributed by atoms with van der Waals surface area (Å²) in [6.45, 7) is 0. The van der Waals surface area contributed by atoms with Crippen molar-refractivity contribution in [2.24, 2.45) is 0 Å². The highest BCUT2D eigenvalue weighted by molar-refractivity contribution is 7.26. The van der Waals surface area contributed by atoms with Gasteiger partial charge in [-0.3, -0.25) is 4.57 Å². The van der Waals surface area contributed by atoms with E-state index in [0.717, 1.165) is 49.3 Å². The van der Waals surface area contributed by atoms with Gasteiger partial charge in [0.05, 0.1) is 32.5 Å². The molecule has 0 aliphatic carbocycles. The average molecular weight is 870 g/mol. The third-order valence-electron chi connectivity index (χ3n) is 13.9. The van der Waals surface area contributed by atoms with Crippen LogP contribution in [-0.4, -0.2) is 24.1 Å². The van der Waals surface area contributed by atoms with Crippen LogP contribution in [0.15, 0.2) is 212 Å². The van der Waals surface area contributed by atoms with Gasteiger partial charge in [-0.25, -0.2) is 4.98 Å². The van der Waals surface area contributed by atoms with Crippen molar-refractivity contribution >= 4 is 107 Å². The molecular formula is C61H35N5S. The fraction of sp³-hybridized carbons (Fsp3) is 0. The largest absolute Gasteiger partial charge is 0.308 e. The van der Waals surface area contributed by atoms with Crippen molar-refractivity contribution < 1.29 is 0 Å². The molecule has 0 fully saturated rings. The van der Waals surface area contributed by atoms with Gasteiger partial charge in [0.1, 0.15) is 0 Å². The van der Waals surface area contributed by atoms with Crippen molar-refractivity contribution in [3.63, 3.8) is 0 Å². The molecule has 0 unspecified atom stereocenters. The first-order valence-corrected chi connectivity index (χ1v) is 23.5. The Labute approximate surface area is 387 Å². The normalized spacial score (nSPS) is 12.2. The number of hydrogen-bond donors (Lipinski definition) is 0. The van der Waals surface area contributed by atoms with Crippen LogP contribution in [0.3, 0.4) is 0 Å². The van der Waals surface area contributed by atoms with E-state index in [4.69, 9.17) is 15.0 Å². The molecule has 0 saturated carbocycles. The molecule has 0 radical (unpaired) electrons. The van der Waals surface area contributed by atoms with Crippen LogP contribution in [-0.2, 0) is 0 Å². The molecule has 4 heterocycles. The van der Waals surface area contributed by atoms with E-state index >= 15 is 0 Å². The minimum atomic E-state index is 0.578. The standard InChI is InChI=1S/C61H35N5S/c1-3-13-39-33-42(25-23-36(39)11-1)59-62-60(43-26-24-37-12-2-4-14-40(37)34-43)64-61(63-59)66-50-19-7-5-16-45(50)49-35-41(28-31-51(49)66)44-30-32-53-57-47(44)29-27-38-15-9-20-52(56(38)57)65(53)54-21-10-18-48-46-17-6-8-22-55(46)67-58(48)54/h1-35H. The number of hydrogen-bond acceptors (Lipinski definition) is 4. The van der Waals surface area contributed by atoms with Crippen molar-refractivity contribution in [2.45, 2.75) is 0 Å². The molecule has 67 heavy (non-hydrogen) atoms. The lowest BCUT2D eigenvalue weighted by atomic mass is 9.94. The molecule has 0 aliphatic heterocycles. The Morgan fingerprint density at radius 1 is 0.328 bits per heavy atom. The second-order valence-electron chi connectivity index (χ2n) is 17.6. The Morgan fingerprint density at radius 2 is 0.910 bits per heavy atom. The van der Waals surface area contributed by atoms with Crippen molar-refractivity contribution in [3.8, 4) is 45.5 Å². The molecule has 310 valence electrons. The molecule has 15 aromatic rings. The SMILES string of the molecule is c1ccc2cc(-c3nc(-c4ccc5ccccc5c4)nc(-n4c5ccccc5c5cc(-c6ccc7c8c6ccc6cccc(c68)n7-c6cccc7c6sc6ccccc67)ccc54)n3)ccc2c1. The molecule has 5 nitrogen and oxygen atoms in total. The summed E-state index contributed by atoms with van der Waals surface area (Å²) in [4.78, 5) is 15.8. The topological polar surface area (TPSA) is 48.5 Å². The van der Waals surface area contributed by atoms with Crippen LogP contribution in [0.1, 0.15) is 0 Å².